The van der Waals surface area contributed by atoms with Gasteiger partial charge in [-0.2, -0.15) is 5.10 Å². The lowest BCUT2D eigenvalue weighted by atomic mass is 10.00. The molecule has 0 bridgehead atoms. The standard InChI is InChI=1S/C19H28N8OS/c1-14-24-25-17(27(14)4)11-21-18(20-8-7-16-6-5-9-29-16)22-13-19(2,28)15-10-23-26(3)12-15/h5-6,9-10,12,28H,7-8,11,13H2,1-4H3,(H2,20,21,22). The topological polar surface area (TPSA) is 105 Å². The minimum Gasteiger partial charge on any atom is -0.383 e. The summed E-state index contributed by atoms with van der Waals surface area (Å²) < 4.78 is 3.59. The fourth-order valence-corrected chi connectivity index (χ4v) is 3.44. The van der Waals surface area contributed by atoms with Crippen molar-refractivity contribution in [1.29, 1.82) is 0 Å². The number of nitrogens with zero attached hydrogens (tertiary/aromatic N) is 6. The Hall–Kier alpha value is -2.72. The average molecular weight is 417 g/mol. The van der Waals surface area contributed by atoms with E-state index in [4.69, 9.17) is 0 Å². The van der Waals surface area contributed by atoms with E-state index in [-0.39, 0.29) is 0 Å². The molecule has 0 radical (unpaired) electrons. The van der Waals surface area contributed by atoms with E-state index in [1.165, 1.54) is 4.88 Å². The summed E-state index contributed by atoms with van der Waals surface area (Å²) in [6.45, 7) is 5.08. The molecule has 3 rings (SSSR count). The highest BCUT2D eigenvalue weighted by atomic mass is 32.1. The Balaban J connectivity index is 1.65. The van der Waals surface area contributed by atoms with Crippen LogP contribution in [0.4, 0.5) is 0 Å². The maximum atomic E-state index is 10.8. The first-order chi connectivity index (χ1) is 13.8. The molecule has 1 unspecified atom stereocenters. The highest BCUT2D eigenvalue weighted by Gasteiger charge is 2.25. The van der Waals surface area contributed by atoms with Crippen molar-refractivity contribution < 1.29 is 5.11 Å². The number of guanidine groups is 1. The number of aliphatic hydroxyl groups is 1. The fraction of sp³-hybridized carbons (Fsp3) is 0.474. The lowest BCUT2D eigenvalue weighted by Crippen LogP contribution is -2.45. The van der Waals surface area contributed by atoms with Crippen molar-refractivity contribution in [3.05, 3.63) is 52.0 Å². The van der Waals surface area contributed by atoms with Crippen molar-refractivity contribution in [2.24, 2.45) is 19.1 Å². The van der Waals surface area contributed by atoms with Crippen LogP contribution in [0.3, 0.4) is 0 Å². The van der Waals surface area contributed by atoms with Gasteiger partial charge in [0.25, 0.3) is 0 Å². The SMILES string of the molecule is Cc1nnc(CN=C(NCCc2cccs2)NCC(C)(O)c2cnn(C)c2)n1C. The second kappa shape index (κ2) is 9.19. The van der Waals surface area contributed by atoms with Crippen molar-refractivity contribution in [1.82, 2.24) is 35.2 Å². The number of aryl methyl sites for hydroxylation is 2. The van der Waals surface area contributed by atoms with Crippen molar-refractivity contribution >= 4 is 17.3 Å². The van der Waals surface area contributed by atoms with Crippen molar-refractivity contribution in [3.63, 3.8) is 0 Å². The summed E-state index contributed by atoms with van der Waals surface area (Å²) in [5.74, 6) is 2.24. The molecule has 1 atom stereocenters. The first kappa shape index (κ1) is 21.0. The zero-order chi connectivity index (χ0) is 20.9. The largest absolute Gasteiger partial charge is 0.383 e. The number of nitrogens with one attached hydrogen (secondary N) is 2. The van der Waals surface area contributed by atoms with Crippen molar-refractivity contribution in [2.75, 3.05) is 13.1 Å². The maximum absolute atomic E-state index is 10.8. The van der Waals surface area contributed by atoms with Gasteiger partial charge in [0.1, 0.15) is 18.0 Å². The van der Waals surface area contributed by atoms with Crippen molar-refractivity contribution in [3.8, 4) is 0 Å². The zero-order valence-electron chi connectivity index (χ0n) is 17.3. The van der Waals surface area contributed by atoms with Crippen LogP contribution in [0.25, 0.3) is 0 Å². The Morgan fingerprint density at radius 1 is 1.31 bits per heavy atom. The molecule has 3 N–H and O–H groups in total. The number of hydrogen-bond donors (Lipinski definition) is 3. The second-order valence-corrected chi connectivity index (χ2v) is 8.21. The van der Waals surface area contributed by atoms with Crippen LogP contribution in [0.15, 0.2) is 34.9 Å². The van der Waals surface area contributed by atoms with E-state index in [1.54, 1.807) is 29.1 Å². The second-order valence-electron chi connectivity index (χ2n) is 7.17. The lowest BCUT2D eigenvalue weighted by Gasteiger charge is -2.24. The predicted molar refractivity (Wildman–Crippen MR) is 114 cm³/mol. The molecular formula is C19H28N8OS. The monoisotopic (exact) mass is 416 g/mol. The summed E-state index contributed by atoms with van der Waals surface area (Å²) in [6, 6.07) is 4.17. The van der Waals surface area contributed by atoms with Crippen LogP contribution >= 0.6 is 11.3 Å². The van der Waals surface area contributed by atoms with Gasteiger partial charge in [-0.15, -0.1) is 21.5 Å². The van der Waals surface area contributed by atoms with Crippen LogP contribution in [-0.2, 0) is 32.7 Å². The molecule has 0 aromatic carbocycles. The minimum absolute atomic E-state index is 0.293. The highest BCUT2D eigenvalue weighted by molar-refractivity contribution is 7.09. The summed E-state index contributed by atoms with van der Waals surface area (Å²) in [7, 11) is 3.75. The van der Waals surface area contributed by atoms with E-state index in [0.717, 1.165) is 30.2 Å². The van der Waals surface area contributed by atoms with Crippen LogP contribution in [0.1, 0.15) is 29.0 Å². The Kier molecular flexibility index (Phi) is 6.65. The average Bonchev–Trinajstić information content (AvgIpc) is 3.42. The Morgan fingerprint density at radius 2 is 2.14 bits per heavy atom. The van der Waals surface area contributed by atoms with E-state index in [1.807, 2.05) is 31.8 Å². The van der Waals surface area contributed by atoms with Gasteiger partial charge in [-0.3, -0.25) is 4.68 Å². The molecule has 3 aromatic rings. The third-order valence-corrected chi connectivity index (χ3v) is 5.67. The highest BCUT2D eigenvalue weighted by Crippen LogP contribution is 2.18. The molecule has 0 aliphatic carbocycles. The number of rotatable bonds is 8. The van der Waals surface area contributed by atoms with Crippen LogP contribution in [0.5, 0.6) is 0 Å². The summed E-state index contributed by atoms with van der Waals surface area (Å²) in [4.78, 5) is 5.94. The molecular weight excluding hydrogens is 388 g/mol. The van der Waals surface area contributed by atoms with E-state index < -0.39 is 5.60 Å². The summed E-state index contributed by atoms with van der Waals surface area (Å²) in [5, 5.41) is 31.9. The van der Waals surface area contributed by atoms with Gasteiger partial charge >= 0.3 is 0 Å². The van der Waals surface area contributed by atoms with Crippen LogP contribution in [0.2, 0.25) is 0 Å². The van der Waals surface area contributed by atoms with Gasteiger partial charge in [-0.1, -0.05) is 6.07 Å². The van der Waals surface area contributed by atoms with Gasteiger partial charge in [-0.25, -0.2) is 4.99 Å². The Morgan fingerprint density at radius 3 is 2.76 bits per heavy atom. The molecule has 10 heteroatoms. The smallest absolute Gasteiger partial charge is 0.191 e. The van der Waals surface area contributed by atoms with Gasteiger partial charge in [0, 0.05) is 37.3 Å². The Labute approximate surface area is 174 Å². The molecule has 9 nitrogen and oxygen atoms in total. The van der Waals surface area contributed by atoms with Crippen LogP contribution < -0.4 is 10.6 Å². The van der Waals surface area contributed by atoms with Gasteiger partial charge in [0.15, 0.2) is 11.8 Å². The van der Waals surface area contributed by atoms with Gasteiger partial charge in [0.05, 0.1) is 12.7 Å². The van der Waals surface area contributed by atoms with E-state index in [0.29, 0.717) is 19.0 Å². The molecule has 0 amide bonds. The number of aliphatic imine (C=N–C) groups is 1. The van der Waals surface area contributed by atoms with Gasteiger partial charge in [-0.05, 0) is 31.7 Å². The molecule has 0 saturated heterocycles. The van der Waals surface area contributed by atoms with E-state index in [9.17, 15) is 5.11 Å². The molecule has 29 heavy (non-hydrogen) atoms. The molecule has 3 heterocycles. The number of aromatic nitrogens is 5. The third kappa shape index (κ3) is 5.64. The Bertz CT molecular complexity index is 941. The molecule has 0 aliphatic heterocycles. The molecule has 0 saturated carbocycles. The van der Waals surface area contributed by atoms with Gasteiger partial charge < -0.3 is 20.3 Å². The van der Waals surface area contributed by atoms with Gasteiger partial charge in [0.2, 0.25) is 0 Å². The molecule has 0 spiro atoms. The van der Waals surface area contributed by atoms with E-state index in [2.05, 4.69) is 48.4 Å². The molecule has 3 aromatic heterocycles. The first-order valence-corrected chi connectivity index (χ1v) is 10.3. The van der Waals surface area contributed by atoms with E-state index >= 15 is 0 Å². The number of thiophene rings is 1. The molecule has 156 valence electrons. The normalized spacial score (nSPS) is 14.0. The molecule has 0 fully saturated rings. The first-order valence-electron chi connectivity index (χ1n) is 9.46. The maximum Gasteiger partial charge on any atom is 0.191 e. The third-order valence-electron chi connectivity index (χ3n) is 4.73. The minimum atomic E-state index is -1.08. The summed E-state index contributed by atoms with van der Waals surface area (Å²) >= 11 is 1.74. The predicted octanol–water partition coefficient (Wildman–Crippen LogP) is 1.10. The quantitative estimate of drug-likeness (QED) is 0.375. The summed E-state index contributed by atoms with van der Waals surface area (Å²) in [6.07, 6.45) is 4.39. The summed E-state index contributed by atoms with van der Waals surface area (Å²) in [5.41, 5.74) is -0.333. The number of hydrogen-bond acceptors (Lipinski definition) is 6. The lowest BCUT2D eigenvalue weighted by molar-refractivity contribution is 0.0616. The molecule has 0 aliphatic rings. The zero-order valence-corrected chi connectivity index (χ0v) is 18.1. The fourth-order valence-electron chi connectivity index (χ4n) is 2.73. The van der Waals surface area contributed by atoms with Crippen molar-refractivity contribution in [2.45, 2.75) is 32.4 Å². The van der Waals surface area contributed by atoms with Crippen LogP contribution in [0, 0.1) is 6.92 Å². The van der Waals surface area contributed by atoms with Crippen LogP contribution in [-0.4, -0.2) is 48.7 Å².